The highest BCUT2D eigenvalue weighted by molar-refractivity contribution is 5.76. The number of aromatic nitrogens is 1. The third kappa shape index (κ3) is 4.34. The first kappa shape index (κ1) is 16.1. The molecule has 4 heteroatoms. The van der Waals surface area contributed by atoms with E-state index in [1.54, 1.807) is 7.11 Å². The number of amides is 1. The molecule has 0 unspecified atom stereocenters. The minimum atomic E-state index is 0.300. The number of carbonyl (C=O) groups is 1. The molecule has 0 aliphatic carbocycles. The molecule has 1 fully saturated rings. The molecule has 4 nitrogen and oxygen atoms in total. The second kappa shape index (κ2) is 7.64. The predicted molar refractivity (Wildman–Crippen MR) is 84.1 cm³/mol. The van der Waals surface area contributed by atoms with E-state index in [2.05, 4.69) is 17.6 Å². The van der Waals surface area contributed by atoms with E-state index in [0.717, 1.165) is 39.0 Å². The van der Waals surface area contributed by atoms with Gasteiger partial charge in [0.05, 0.1) is 0 Å². The first-order chi connectivity index (χ1) is 10.1. The average molecular weight is 292 g/mol. The van der Waals surface area contributed by atoms with Gasteiger partial charge in [-0.3, -0.25) is 4.79 Å². The molecule has 1 atom stereocenters. The third-order valence-electron chi connectivity index (χ3n) is 4.77. The van der Waals surface area contributed by atoms with Crippen LogP contribution in [0.5, 0.6) is 0 Å². The van der Waals surface area contributed by atoms with Crippen molar-refractivity contribution >= 4 is 5.91 Å². The quantitative estimate of drug-likeness (QED) is 0.807. The highest BCUT2D eigenvalue weighted by atomic mass is 16.5. The van der Waals surface area contributed by atoms with E-state index in [4.69, 9.17) is 4.74 Å². The maximum atomic E-state index is 12.3. The highest BCUT2D eigenvalue weighted by Crippen LogP contribution is 2.25. The topological polar surface area (TPSA) is 34.5 Å². The summed E-state index contributed by atoms with van der Waals surface area (Å²) < 4.78 is 7.33. The van der Waals surface area contributed by atoms with Gasteiger partial charge in [-0.1, -0.05) is 6.92 Å². The highest BCUT2D eigenvalue weighted by Gasteiger charge is 2.26. The Hall–Kier alpha value is -1.29. The summed E-state index contributed by atoms with van der Waals surface area (Å²) in [4.78, 5) is 14.3. The van der Waals surface area contributed by atoms with Gasteiger partial charge in [0.15, 0.2) is 0 Å². The molecule has 1 aromatic heterocycles. The normalized spacial score (nSPS) is 18.0. The Morgan fingerprint density at radius 3 is 2.71 bits per heavy atom. The summed E-state index contributed by atoms with van der Waals surface area (Å²) >= 11 is 0. The monoisotopic (exact) mass is 292 g/mol. The third-order valence-corrected chi connectivity index (χ3v) is 4.77. The van der Waals surface area contributed by atoms with E-state index >= 15 is 0 Å². The van der Waals surface area contributed by atoms with Gasteiger partial charge in [-0.15, -0.1) is 0 Å². The van der Waals surface area contributed by atoms with Crippen LogP contribution in [0.4, 0.5) is 0 Å². The lowest BCUT2D eigenvalue weighted by molar-refractivity contribution is -0.132. The predicted octanol–water partition coefficient (Wildman–Crippen LogP) is 2.48. The van der Waals surface area contributed by atoms with Gasteiger partial charge in [0.2, 0.25) is 5.91 Å². The second-order valence-corrected chi connectivity index (χ2v) is 6.26. The Morgan fingerprint density at radius 1 is 1.43 bits per heavy atom. The van der Waals surface area contributed by atoms with Gasteiger partial charge >= 0.3 is 0 Å². The molecule has 1 aliphatic heterocycles. The largest absolute Gasteiger partial charge is 0.384 e. The molecule has 1 amide bonds. The maximum absolute atomic E-state index is 12.3. The molecular weight excluding hydrogens is 264 g/mol. The van der Waals surface area contributed by atoms with Gasteiger partial charge in [0.25, 0.3) is 0 Å². The van der Waals surface area contributed by atoms with Gasteiger partial charge in [-0.05, 0) is 43.2 Å². The smallest absolute Gasteiger partial charge is 0.222 e. The van der Waals surface area contributed by atoms with Crippen LogP contribution in [-0.2, 0) is 23.0 Å². The molecule has 2 heterocycles. The van der Waals surface area contributed by atoms with Crippen LogP contribution in [0.25, 0.3) is 0 Å². The zero-order valence-electron chi connectivity index (χ0n) is 13.5. The molecule has 0 N–H and O–H groups in total. The fourth-order valence-electron chi connectivity index (χ4n) is 3.27. The van der Waals surface area contributed by atoms with Crippen molar-refractivity contribution in [2.75, 3.05) is 26.8 Å². The molecule has 0 radical (unpaired) electrons. The summed E-state index contributed by atoms with van der Waals surface area (Å²) in [5.74, 6) is 1.59. The molecule has 118 valence electrons. The Kier molecular flexibility index (Phi) is 5.85. The number of carbonyl (C=O) groups excluding carboxylic acids is 1. The molecular formula is C17H28N2O2. The van der Waals surface area contributed by atoms with Crippen LogP contribution in [0.1, 0.15) is 31.9 Å². The van der Waals surface area contributed by atoms with Gasteiger partial charge in [-0.2, -0.15) is 0 Å². The number of hydrogen-bond donors (Lipinski definition) is 0. The fourth-order valence-corrected chi connectivity index (χ4v) is 3.27. The van der Waals surface area contributed by atoms with Crippen molar-refractivity contribution in [2.24, 2.45) is 18.9 Å². The van der Waals surface area contributed by atoms with Crippen LogP contribution in [0.3, 0.4) is 0 Å². The van der Waals surface area contributed by atoms with E-state index in [-0.39, 0.29) is 0 Å². The van der Waals surface area contributed by atoms with Gasteiger partial charge in [-0.25, -0.2) is 0 Å². The van der Waals surface area contributed by atoms with Crippen molar-refractivity contribution in [2.45, 2.75) is 32.6 Å². The first-order valence-electron chi connectivity index (χ1n) is 7.98. The van der Waals surface area contributed by atoms with E-state index in [0.29, 0.717) is 24.2 Å². The Balaban J connectivity index is 1.74. The summed E-state index contributed by atoms with van der Waals surface area (Å²) in [6.07, 6.45) is 5.71. The molecule has 0 aromatic carbocycles. The summed E-state index contributed by atoms with van der Waals surface area (Å²) in [7, 11) is 3.79. The number of piperidine rings is 1. The van der Waals surface area contributed by atoms with Gasteiger partial charge in [0, 0.05) is 52.2 Å². The SMILES string of the molecule is COC[C@@H](C)C1CCN(C(=O)CCc2cccn2C)CC1. The Bertz CT molecular complexity index is 447. The minimum absolute atomic E-state index is 0.300. The molecule has 2 rings (SSSR count). The van der Waals surface area contributed by atoms with Gasteiger partial charge in [0.1, 0.15) is 0 Å². The number of likely N-dealkylation sites (tertiary alicyclic amines) is 1. The van der Waals surface area contributed by atoms with Crippen LogP contribution in [0, 0.1) is 11.8 Å². The van der Waals surface area contributed by atoms with E-state index in [1.165, 1.54) is 5.69 Å². The van der Waals surface area contributed by atoms with E-state index in [9.17, 15) is 4.79 Å². The summed E-state index contributed by atoms with van der Waals surface area (Å²) in [5, 5.41) is 0. The Morgan fingerprint density at radius 2 is 2.14 bits per heavy atom. The van der Waals surface area contributed by atoms with Crippen LogP contribution in [0.15, 0.2) is 18.3 Å². The van der Waals surface area contributed by atoms with E-state index in [1.807, 2.05) is 24.2 Å². The molecule has 0 bridgehead atoms. The van der Waals surface area contributed by atoms with Gasteiger partial charge < -0.3 is 14.2 Å². The molecule has 1 aliphatic rings. The molecule has 21 heavy (non-hydrogen) atoms. The summed E-state index contributed by atoms with van der Waals surface area (Å²) in [6.45, 7) is 4.89. The van der Waals surface area contributed by atoms with Crippen LogP contribution < -0.4 is 0 Å². The van der Waals surface area contributed by atoms with Crippen LogP contribution in [0.2, 0.25) is 0 Å². The molecule has 1 aromatic rings. The van der Waals surface area contributed by atoms with Crippen molar-refractivity contribution in [3.05, 3.63) is 24.0 Å². The standard InChI is InChI=1S/C17H28N2O2/c1-14(13-21-3)15-8-11-19(12-9-15)17(20)7-6-16-5-4-10-18(16)2/h4-5,10,14-15H,6-9,11-13H2,1-3H3/t14-/m1/s1. The minimum Gasteiger partial charge on any atom is -0.384 e. The average Bonchev–Trinajstić information content (AvgIpc) is 2.90. The van der Waals surface area contributed by atoms with Crippen molar-refractivity contribution in [3.63, 3.8) is 0 Å². The number of hydrogen-bond acceptors (Lipinski definition) is 2. The van der Waals surface area contributed by atoms with Crippen molar-refractivity contribution < 1.29 is 9.53 Å². The number of ether oxygens (including phenoxy) is 1. The maximum Gasteiger partial charge on any atom is 0.222 e. The summed E-state index contributed by atoms with van der Waals surface area (Å²) in [5.41, 5.74) is 1.23. The van der Waals surface area contributed by atoms with Crippen molar-refractivity contribution in [1.82, 2.24) is 9.47 Å². The molecule has 1 saturated heterocycles. The second-order valence-electron chi connectivity index (χ2n) is 6.26. The zero-order chi connectivity index (χ0) is 15.2. The number of methoxy groups -OCH3 is 1. The zero-order valence-corrected chi connectivity index (χ0v) is 13.5. The fraction of sp³-hybridized carbons (Fsp3) is 0.706. The lowest BCUT2D eigenvalue weighted by Gasteiger charge is -2.34. The number of aryl methyl sites for hydroxylation is 2. The van der Waals surface area contributed by atoms with Crippen LogP contribution >= 0.6 is 0 Å². The van der Waals surface area contributed by atoms with Crippen molar-refractivity contribution in [1.29, 1.82) is 0 Å². The van der Waals surface area contributed by atoms with Crippen LogP contribution in [-0.4, -0.2) is 42.2 Å². The Labute approximate surface area is 128 Å². The molecule has 0 saturated carbocycles. The van der Waals surface area contributed by atoms with E-state index < -0.39 is 0 Å². The lowest BCUT2D eigenvalue weighted by atomic mass is 9.86. The lowest BCUT2D eigenvalue weighted by Crippen LogP contribution is -2.40. The number of nitrogens with zero attached hydrogens (tertiary/aromatic N) is 2. The summed E-state index contributed by atoms with van der Waals surface area (Å²) in [6, 6.07) is 4.12. The van der Waals surface area contributed by atoms with Crippen molar-refractivity contribution in [3.8, 4) is 0 Å². The first-order valence-corrected chi connectivity index (χ1v) is 7.98. The molecule has 0 spiro atoms. The number of rotatable bonds is 6.